The van der Waals surface area contributed by atoms with Crippen molar-refractivity contribution < 1.29 is 14.7 Å². The minimum absolute atomic E-state index is 0.0789. The van der Waals surface area contributed by atoms with E-state index in [-0.39, 0.29) is 17.3 Å². The Morgan fingerprint density at radius 1 is 1.50 bits per heavy atom. The highest BCUT2D eigenvalue weighted by Gasteiger charge is 2.06. The topological polar surface area (TPSA) is 78.4 Å². The Morgan fingerprint density at radius 2 is 2.21 bits per heavy atom. The van der Waals surface area contributed by atoms with Gasteiger partial charge in [-0.1, -0.05) is 0 Å². The molecule has 0 spiro atoms. The van der Waals surface area contributed by atoms with Crippen LogP contribution in [0.2, 0.25) is 0 Å². The van der Waals surface area contributed by atoms with Crippen LogP contribution in [-0.4, -0.2) is 24.5 Å². The zero-order valence-corrected chi connectivity index (χ0v) is 7.57. The first kappa shape index (κ1) is 10.0. The van der Waals surface area contributed by atoms with Crippen molar-refractivity contribution in [2.24, 2.45) is 0 Å². The molecule has 5 nitrogen and oxygen atoms in total. The molecule has 0 radical (unpaired) electrons. The number of phenols is 1. The average molecular weight is 194 g/mol. The lowest BCUT2D eigenvalue weighted by atomic mass is 10.2. The van der Waals surface area contributed by atoms with Gasteiger partial charge in [0.2, 0.25) is 6.41 Å². The van der Waals surface area contributed by atoms with Crippen LogP contribution in [0.3, 0.4) is 0 Å². The van der Waals surface area contributed by atoms with E-state index in [9.17, 15) is 14.7 Å². The Kier molecular flexibility index (Phi) is 3.06. The minimum atomic E-state index is -0.279. The zero-order chi connectivity index (χ0) is 10.6. The number of rotatable bonds is 3. The highest BCUT2D eigenvalue weighted by molar-refractivity contribution is 5.96. The van der Waals surface area contributed by atoms with Gasteiger partial charge in [0, 0.05) is 12.6 Å². The molecular formula is C9H10N2O3. The molecule has 1 aromatic rings. The third-order valence-corrected chi connectivity index (χ3v) is 1.70. The standard InChI is InChI=1S/C9H10N2O3/c1-10-9(14)6-2-3-8(13)7(4-6)11-5-12/h2-5,13H,1H3,(H,10,14)(H,11,12). The molecule has 0 unspecified atom stereocenters. The molecule has 0 aliphatic rings. The van der Waals surface area contributed by atoms with Crippen LogP contribution >= 0.6 is 0 Å². The van der Waals surface area contributed by atoms with Crippen molar-refractivity contribution in [2.45, 2.75) is 0 Å². The molecule has 0 aliphatic heterocycles. The number of carbonyl (C=O) groups is 2. The van der Waals surface area contributed by atoms with E-state index in [4.69, 9.17) is 0 Å². The summed E-state index contributed by atoms with van der Waals surface area (Å²) in [6.45, 7) is 0. The summed E-state index contributed by atoms with van der Waals surface area (Å²) < 4.78 is 0. The summed E-state index contributed by atoms with van der Waals surface area (Å²) in [5, 5.41) is 14.0. The second-order valence-corrected chi connectivity index (χ2v) is 2.57. The first-order valence-corrected chi connectivity index (χ1v) is 3.94. The first-order valence-electron chi connectivity index (χ1n) is 3.94. The normalized spacial score (nSPS) is 9.21. The Balaban J connectivity index is 3.05. The van der Waals surface area contributed by atoms with Gasteiger partial charge in [0.05, 0.1) is 5.69 Å². The molecule has 0 atom stereocenters. The summed E-state index contributed by atoms with van der Waals surface area (Å²) in [7, 11) is 1.50. The van der Waals surface area contributed by atoms with Gasteiger partial charge < -0.3 is 15.7 Å². The predicted molar refractivity (Wildman–Crippen MR) is 51.2 cm³/mol. The second kappa shape index (κ2) is 4.27. The smallest absolute Gasteiger partial charge is 0.251 e. The van der Waals surface area contributed by atoms with Crippen LogP contribution in [0, 0.1) is 0 Å². The largest absolute Gasteiger partial charge is 0.506 e. The van der Waals surface area contributed by atoms with Crippen molar-refractivity contribution in [3.63, 3.8) is 0 Å². The van der Waals surface area contributed by atoms with E-state index in [2.05, 4.69) is 10.6 Å². The van der Waals surface area contributed by atoms with E-state index in [1.165, 1.54) is 25.2 Å². The molecule has 2 amide bonds. The van der Waals surface area contributed by atoms with Crippen molar-refractivity contribution in [1.82, 2.24) is 5.32 Å². The maximum Gasteiger partial charge on any atom is 0.251 e. The summed E-state index contributed by atoms with van der Waals surface area (Å²) in [5.74, 6) is -0.358. The maximum atomic E-state index is 11.2. The van der Waals surface area contributed by atoms with Crippen LogP contribution in [0.15, 0.2) is 18.2 Å². The van der Waals surface area contributed by atoms with E-state index < -0.39 is 0 Å². The van der Waals surface area contributed by atoms with Crippen molar-refractivity contribution in [1.29, 1.82) is 0 Å². The van der Waals surface area contributed by atoms with E-state index in [1.54, 1.807) is 0 Å². The summed E-state index contributed by atoms with van der Waals surface area (Å²) in [4.78, 5) is 21.3. The van der Waals surface area contributed by atoms with Crippen LogP contribution in [-0.2, 0) is 4.79 Å². The fraction of sp³-hybridized carbons (Fsp3) is 0.111. The molecule has 0 saturated carbocycles. The quantitative estimate of drug-likeness (QED) is 0.479. The Labute approximate surface area is 80.7 Å². The Morgan fingerprint density at radius 3 is 2.79 bits per heavy atom. The third-order valence-electron chi connectivity index (χ3n) is 1.70. The molecule has 1 rings (SSSR count). The molecule has 0 aliphatic carbocycles. The maximum absolute atomic E-state index is 11.2. The van der Waals surface area contributed by atoms with Crippen LogP contribution in [0.5, 0.6) is 5.75 Å². The van der Waals surface area contributed by atoms with E-state index in [0.717, 1.165) is 0 Å². The highest BCUT2D eigenvalue weighted by atomic mass is 16.3. The molecule has 0 aromatic heterocycles. The van der Waals surface area contributed by atoms with Crippen molar-refractivity contribution in [2.75, 3.05) is 12.4 Å². The van der Waals surface area contributed by atoms with E-state index in [1.807, 2.05) is 0 Å². The van der Waals surface area contributed by atoms with Crippen LogP contribution in [0.1, 0.15) is 10.4 Å². The van der Waals surface area contributed by atoms with Crippen LogP contribution in [0.25, 0.3) is 0 Å². The van der Waals surface area contributed by atoms with Gasteiger partial charge in [-0.15, -0.1) is 0 Å². The number of anilines is 1. The summed E-state index contributed by atoms with van der Waals surface area (Å²) in [6, 6.07) is 4.20. The number of phenolic OH excluding ortho intramolecular Hbond substituents is 1. The van der Waals surface area contributed by atoms with Crippen molar-refractivity contribution in [3.8, 4) is 5.75 Å². The molecule has 14 heavy (non-hydrogen) atoms. The Bertz CT molecular complexity index is 363. The average Bonchev–Trinajstić information content (AvgIpc) is 2.20. The van der Waals surface area contributed by atoms with Gasteiger partial charge in [-0.05, 0) is 18.2 Å². The zero-order valence-electron chi connectivity index (χ0n) is 7.57. The second-order valence-electron chi connectivity index (χ2n) is 2.57. The van der Waals surface area contributed by atoms with Crippen molar-refractivity contribution in [3.05, 3.63) is 23.8 Å². The fourth-order valence-electron chi connectivity index (χ4n) is 1.00. The summed E-state index contributed by atoms with van der Waals surface area (Å²) >= 11 is 0. The molecule has 1 aromatic carbocycles. The molecule has 3 N–H and O–H groups in total. The van der Waals surface area contributed by atoms with Gasteiger partial charge in [-0.2, -0.15) is 0 Å². The van der Waals surface area contributed by atoms with Gasteiger partial charge in [0.1, 0.15) is 5.75 Å². The lowest BCUT2D eigenvalue weighted by molar-refractivity contribution is -0.105. The number of nitrogens with one attached hydrogen (secondary N) is 2. The van der Waals surface area contributed by atoms with Crippen LogP contribution < -0.4 is 10.6 Å². The number of hydrogen-bond donors (Lipinski definition) is 3. The number of aromatic hydroxyl groups is 1. The van der Waals surface area contributed by atoms with Gasteiger partial charge in [-0.3, -0.25) is 9.59 Å². The number of benzene rings is 1. The molecule has 0 fully saturated rings. The molecule has 0 saturated heterocycles. The lowest BCUT2D eigenvalue weighted by Crippen LogP contribution is -2.17. The number of hydrogen-bond acceptors (Lipinski definition) is 3. The molecule has 5 heteroatoms. The van der Waals surface area contributed by atoms with E-state index in [0.29, 0.717) is 12.0 Å². The fourth-order valence-corrected chi connectivity index (χ4v) is 1.00. The third kappa shape index (κ3) is 2.01. The number of carbonyl (C=O) groups excluding carboxylic acids is 2. The highest BCUT2D eigenvalue weighted by Crippen LogP contribution is 2.23. The summed E-state index contributed by atoms with van der Waals surface area (Å²) in [5.41, 5.74) is 0.579. The monoisotopic (exact) mass is 194 g/mol. The van der Waals surface area contributed by atoms with Crippen molar-refractivity contribution >= 4 is 18.0 Å². The lowest BCUT2D eigenvalue weighted by Gasteiger charge is -2.05. The Hall–Kier alpha value is -2.04. The van der Waals surface area contributed by atoms with Gasteiger partial charge >= 0.3 is 0 Å². The van der Waals surface area contributed by atoms with Gasteiger partial charge in [0.25, 0.3) is 5.91 Å². The molecular weight excluding hydrogens is 184 g/mol. The minimum Gasteiger partial charge on any atom is -0.506 e. The number of amides is 2. The molecule has 74 valence electrons. The first-order chi connectivity index (χ1) is 6.69. The van der Waals surface area contributed by atoms with Gasteiger partial charge in [-0.25, -0.2) is 0 Å². The molecule has 0 bridgehead atoms. The summed E-state index contributed by atoms with van der Waals surface area (Å²) in [6.07, 6.45) is 0.433. The van der Waals surface area contributed by atoms with Crippen LogP contribution in [0.4, 0.5) is 5.69 Å². The van der Waals surface area contributed by atoms with Gasteiger partial charge in [0.15, 0.2) is 0 Å². The predicted octanol–water partition coefficient (Wildman–Crippen LogP) is 0.320. The molecule has 0 heterocycles. The SMILES string of the molecule is CNC(=O)c1ccc(O)c(NC=O)c1. The van der Waals surface area contributed by atoms with E-state index >= 15 is 0 Å².